The quantitative estimate of drug-likeness (QED) is 0.290. The predicted molar refractivity (Wildman–Crippen MR) is 70.6 cm³/mol. The van der Waals surface area contributed by atoms with Gasteiger partial charge >= 0.3 is 5.97 Å². The van der Waals surface area contributed by atoms with Gasteiger partial charge in [-0.1, -0.05) is 0 Å². The standard InChI is InChI=1S/C14H16O8/c15-3-4-1-5-8-6(2-7(16)10(18)11(8)19)14(21)22-13(5)12(20)9(4)17/h2,4-5,9,12-13,15-20H,1,3H2. The van der Waals surface area contributed by atoms with Crippen LogP contribution in [0.1, 0.15) is 28.3 Å². The fourth-order valence-electron chi connectivity index (χ4n) is 3.32. The maximum Gasteiger partial charge on any atom is 0.339 e. The summed E-state index contributed by atoms with van der Waals surface area (Å²) in [5.74, 6) is -4.36. The number of aliphatic hydroxyl groups is 3. The molecule has 2 aliphatic rings. The van der Waals surface area contributed by atoms with E-state index in [9.17, 15) is 35.4 Å². The van der Waals surface area contributed by atoms with Crippen LogP contribution in [-0.2, 0) is 4.74 Å². The Kier molecular flexibility index (Phi) is 3.39. The lowest BCUT2D eigenvalue weighted by atomic mass is 9.70. The number of ether oxygens (including phenoxy) is 1. The van der Waals surface area contributed by atoms with Crippen molar-refractivity contribution in [1.82, 2.24) is 0 Å². The molecule has 1 aliphatic heterocycles. The van der Waals surface area contributed by atoms with Gasteiger partial charge in [-0.15, -0.1) is 0 Å². The Bertz CT molecular complexity index is 628. The SMILES string of the molecule is O=C1OC2C(CC(CO)C(O)C2O)c2c1cc(O)c(O)c2O. The molecule has 0 aromatic heterocycles. The minimum Gasteiger partial charge on any atom is -0.504 e. The van der Waals surface area contributed by atoms with E-state index in [2.05, 4.69) is 0 Å². The molecule has 0 radical (unpaired) electrons. The lowest BCUT2D eigenvalue weighted by Gasteiger charge is -2.44. The van der Waals surface area contributed by atoms with Gasteiger partial charge in [0.1, 0.15) is 12.2 Å². The van der Waals surface area contributed by atoms with Gasteiger partial charge in [0.15, 0.2) is 11.5 Å². The molecule has 1 aromatic carbocycles. The van der Waals surface area contributed by atoms with E-state index in [0.29, 0.717) is 0 Å². The highest BCUT2D eigenvalue weighted by molar-refractivity contribution is 5.95. The zero-order chi connectivity index (χ0) is 16.2. The van der Waals surface area contributed by atoms with Gasteiger partial charge in [-0.25, -0.2) is 4.79 Å². The zero-order valence-corrected chi connectivity index (χ0v) is 11.4. The Labute approximate surface area is 124 Å². The number of phenolic OH excluding ortho intramolecular Hbond substituents is 3. The summed E-state index contributed by atoms with van der Waals surface area (Å²) in [6.45, 7) is -0.393. The van der Waals surface area contributed by atoms with Gasteiger partial charge in [0.25, 0.3) is 0 Å². The average molecular weight is 312 g/mol. The monoisotopic (exact) mass is 312 g/mol. The second-order valence-corrected chi connectivity index (χ2v) is 5.69. The first-order valence-electron chi connectivity index (χ1n) is 6.82. The van der Waals surface area contributed by atoms with Gasteiger partial charge in [0, 0.05) is 24.0 Å². The van der Waals surface area contributed by atoms with E-state index in [-0.39, 0.29) is 17.5 Å². The Morgan fingerprint density at radius 2 is 1.82 bits per heavy atom. The Hall–Kier alpha value is -2.03. The van der Waals surface area contributed by atoms with Crippen molar-refractivity contribution in [3.63, 3.8) is 0 Å². The summed E-state index contributed by atoms with van der Waals surface area (Å²) in [5.41, 5.74) is -0.0738. The van der Waals surface area contributed by atoms with Crippen molar-refractivity contribution in [1.29, 1.82) is 0 Å². The minimum atomic E-state index is -1.43. The number of aliphatic hydroxyl groups excluding tert-OH is 3. The molecule has 0 saturated heterocycles. The van der Waals surface area contributed by atoms with Crippen LogP contribution < -0.4 is 0 Å². The summed E-state index contributed by atoms with van der Waals surface area (Å²) in [7, 11) is 0. The Morgan fingerprint density at radius 1 is 1.14 bits per heavy atom. The largest absolute Gasteiger partial charge is 0.504 e. The first-order valence-corrected chi connectivity index (χ1v) is 6.82. The molecule has 1 aliphatic carbocycles. The molecule has 8 heteroatoms. The van der Waals surface area contributed by atoms with Crippen molar-refractivity contribution in [3.05, 3.63) is 17.2 Å². The highest BCUT2D eigenvalue weighted by Crippen LogP contribution is 2.50. The lowest BCUT2D eigenvalue weighted by molar-refractivity contribution is -0.134. The fraction of sp³-hybridized carbons (Fsp3) is 0.500. The van der Waals surface area contributed by atoms with Crippen molar-refractivity contribution < 1.29 is 40.2 Å². The van der Waals surface area contributed by atoms with Crippen LogP contribution in [-0.4, -0.2) is 61.5 Å². The molecule has 1 aromatic rings. The smallest absolute Gasteiger partial charge is 0.339 e. The number of benzene rings is 1. The Balaban J connectivity index is 2.15. The third kappa shape index (κ3) is 1.92. The van der Waals surface area contributed by atoms with Gasteiger partial charge in [0.05, 0.1) is 11.7 Å². The number of rotatable bonds is 1. The summed E-state index contributed by atoms with van der Waals surface area (Å²) in [6, 6.07) is 0.980. The first kappa shape index (κ1) is 14.9. The number of esters is 1. The van der Waals surface area contributed by atoms with E-state index < -0.39 is 60.0 Å². The van der Waals surface area contributed by atoms with Crippen LogP contribution in [0.2, 0.25) is 0 Å². The number of hydrogen-bond acceptors (Lipinski definition) is 8. The number of carbonyl (C=O) groups is 1. The topological polar surface area (TPSA) is 148 Å². The molecule has 0 spiro atoms. The molecule has 0 bridgehead atoms. The van der Waals surface area contributed by atoms with Gasteiger partial charge in [0.2, 0.25) is 5.75 Å². The van der Waals surface area contributed by atoms with Crippen LogP contribution in [0.25, 0.3) is 0 Å². The molecule has 22 heavy (non-hydrogen) atoms. The molecule has 1 heterocycles. The fourth-order valence-corrected chi connectivity index (χ4v) is 3.32. The van der Waals surface area contributed by atoms with Crippen molar-refractivity contribution in [2.45, 2.75) is 30.7 Å². The maximum absolute atomic E-state index is 12.0. The average Bonchev–Trinajstić information content (AvgIpc) is 2.49. The summed E-state index contributed by atoms with van der Waals surface area (Å²) in [4.78, 5) is 12.0. The molecule has 120 valence electrons. The number of fused-ring (bicyclic) bond motifs is 3. The summed E-state index contributed by atoms with van der Waals surface area (Å²) < 4.78 is 5.11. The van der Waals surface area contributed by atoms with Gasteiger partial charge < -0.3 is 35.4 Å². The van der Waals surface area contributed by atoms with Crippen LogP contribution in [0.3, 0.4) is 0 Å². The highest BCUT2D eigenvalue weighted by atomic mass is 16.6. The molecule has 8 nitrogen and oxygen atoms in total. The van der Waals surface area contributed by atoms with Crippen LogP contribution in [0.5, 0.6) is 17.2 Å². The number of hydrogen-bond donors (Lipinski definition) is 6. The van der Waals surface area contributed by atoms with Crippen LogP contribution in [0.15, 0.2) is 6.07 Å². The Morgan fingerprint density at radius 3 is 2.45 bits per heavy atom. The molecule has 1 fully saturated rings. The van der Waals surface area contributed by atoms with Crippen molar-refractivity contribution >= 4 is 5.97 Å². The summed E-state index contributed by atoms with van der Waals surface area (Å²) in [6.07, 6.45) is -3.67. The third-order valence-corrected chi connectivity index (χ3v) is 4.48. The van der Waals surface area contributed by atoms with E-state index in [4.69, 9.17) is 4.74 Å². The van der Waals surface area contributed by atoms with E-state index in [1.807, 2.05) is 0 Å². The van der Waals surface area contributed by atoms with Gasteiger partial charge in [-0.2, -0.15) is 0 Å². The maximum atomic E-state index is 12.0. The van der Waals surface area contributed by atoms with Crippen LogP contribution in [0.4, 0.5) is 0 Å². The molecule has 3 rings (SSSR count). The van der Waals surface area contributed by atoms with Crippen LogP contribution in [0, 0.1) is 5.92 Å². The van der Waals surface area contributed by atoms with E-state index in [0.717, 1.165) is 6.07 Å². The lowest BCUT2D eigenvalue weighted by Crippen LogP contribution is -2.54. The molecular formula is C14H16O8. The predicted octanol–water partition coefficient (Wildman–Crippen LogP) is -0.840. The van der Waals surface area contributed by atoms with Crippen LogP contribution >= 0.6 is 0 Å². The molecule has 5 atom stereocenters. The molecule has 1 saturated carbocycles. The normalized spacial score (nSPS) is 33.8. The number of carbonyl (C=O) groups excluding carboxylic acids is 1. The zero-order valence-electron chi connectivity index (χ0n) is 11.4. The molecule has 5 unspecified atom stereocenters. The van der Waals surface area contributed by atoms with E-state index in [1.54, 1.807) is 0 Å². The highest BCUT2D eigenvalue weighted by Gasteiger charge is 2.50. The van der Waals surface area contributed by atoms with Crippen molar-refractivity contribution in [2.24, 2.45) is 5.92 Å². The molecular weight excluding hydrogens is 296 g/mol. The van der Waals surface area contributed by atoms with E-state index >= 15 is 0 Å². The van der Waals surface area contributed by atoms with Gasteiger partial charge in [-0.05, 0) is 12.5 Å². The van der Waals surface area contributed by atoms with E-state index in [1.165, 1.54) is 0 Å². The third-order valence-electron chi connectivity index (χ3n) is 4.48. The summed E-state index contributed by atoms with van der Waals surface area (Å²) in [5, 5.41) is 58.6. The van der Waals surface area contributed by atoms with Crippen molar-refractivity contribution in [3.8, 4) is 17.2 Å². The number of phenols is 3. The second kappa shape index (κ2) is 5.01. The van der Waals surface area contributed by atoms with Crippen molar-refractivity contribution in [2.75, 3.05) is 6.61 Å². The molecule has 6 N–H and O–H groups in total. The molecule has 0 amide bonds. The van der Waals surface area contributed by atoms with Gasteiger partial charge in [-0.3, -0.25) is 0 Å². The number of aromatic hydroxyl groups is 3. The summed E-state index contributed by atoms with van der Waals surface area (Å²) >= 11 is 0. The minimum absolute atomic E-state index is 0.0425. The second-order valence-electron chi connectivity index (χ2n) is 5.69. The first-order chi connectivity index (χ1) is 10.4.